The summed E-state index contributed by atoms with van der Waals surface area (Å²) in [6.07, 6.45) is 0. The van der Waals surface area contributed by atoms with Gasteiger partial charge in [-0.05, 0) is 46.9 Å². The zero-order chi connectivity index (χ0) is 9.97. The van der Waals surface area contributed by atoms with E-state index in [4.69, 9.17) is 9.26 Å². The summed E-state index contributed by atoms with van der Waals surface area (Å²) in [5.74, 6) is 1.61. The Kier molecular flexibility index (Phi) is 2.72. The average molecular weight is 301 g/mol. The summed E-state index contributed by atoms with van der Waals surface area (Å²) < 4.78 is 11.0. The highest BCUT2D eigenvalue weighted by atomic mass is 127. The van der Waals surface area contributed by atoms with E-state index in [9.17, 15) is 0 Å². The fourth-order valence-corrected chi connectivity index (χ4v) is 1.53. The average Bonchev–Trinajstić information content (AvgIpc) is 2.65. The number of hydrogen-bond donors (Lipinski definition) is 0. The third kappa shape index (κ3) is 1.89. The molecule has 4 heteroatoms. The first kappa shape index (κ1) is 9.51. The fourth-order valence-electron chi connectivity index (χ4n) is 1.14. The predicted molar refractivity (Wildman–Crippen MR) is 61.2 cm³/mol. The van der Waals surface area contributed by atoms with Gasteiger partial charge in [0.2, 0.25) is 0 Å². The van der Waals surface area contributed by atoms with Crippen LogP contribution in [-0.4, -0.2) is 12.3 Å². The van der Waals surface area contributed by atoms with E-state index in [0.717, 1.165) is 20.8 Å². The molecule has 1 heterocycles. The Labute approximate surface area is 95.2 Å². The quantitative estimate of drug-likeness (QED) is 0.800. The summed E-state index contributed by atoms with van der Waals surface area (Å²) in [7, 11) is 1.65. The van der Waals surface area contributed by atoms with E-state index in [1.807, 2.05) is 30.3 Å². The Morgan fingerprint density at radius 3 is 2.50 bits per heavy atom. The van der Waals surface area contributed by atoms with E-state index < -0.39 is 0 Å². The molecule has 0 unspecified atom stereocenters. The molecular formula is C10H8INO2. The van der Waals surface area contributed by atoms with Crippen molar-refractivity contribution in [2.45, 2.75) is 0 Å². The minimum atomic E-state index is 0.775. The topological polar surface area (TPSA) is 35.3 Å². The van der Waals surface area contributed by atoms with Gasteiger partial charge < -0.3 is 9.26 Å². The molecule has 0 amide bonds. The Hall–Kier alpha value is -1.04. The van der Waals surface area contributed by atoms with Crippen molar-refractivity contribution in [3.05, 3.63) is 34.0 Å². The lowest BCUT2D eigenvalue weighted by atomic mass is 10.2. The maximum absolute atomic E-state index is 5.13. The van der Waals surface area contributed by atoms with Crippen LogP contribution in [0.4, 0.5) is 0 Å². The number of benzene rings is 1. The van der Waals surface area contributed by atoms with Crippen molar-refractivity contribution in [2.24, 2.45) is 0 Å². The van der Waals surface area contributed by atoms with Gasteiger partial charge in [-0.1, -0.05) is 5.16 Å². The van der Waals surface area contributed by atoms with Crippen LogP contribution in [0.5, 0.6) is 5.75 Å². The summed E-state index contributed by atoms with van der Waals surface area (Å²) in [4.78, 5) is 0. The second-order valence-electron chi connectivity index (χ2n) is 2.74. The Bertz CT molecular complexity index is 422. The number of ether oxygens (including phenoxy) is 1. The van der Waals surface area contributed by atoms with Crippen LogP contribution in [0.2, 0.25) is 0 Å². The van der Waals surface area contributed by atoms with Gasteiger partial charge in [-0.15, -0.1) is 0 Å². The second-order valence-corrected chi connectivity index (χ2v) is 3.85. The molecule has 2 rings (SSSR count). The van der Waals surface area contributed by atoms with Crippen LogP contribution in [-0.2, 0) is 0 Å². The lowest BCUT2D eigenvalue weighted by Crippen LogP contribution is -1.81. The lowest BCUT2D eigenvalue weighted by Gasteiger charge is -1.99. The van der Waals surface area contributed by atoms with E-state index >= 15 is 0 Å². The highest BCUT2D eigenvalue weighted by Crippen LogP contribution is 2.23. The third-order valence-corrected chi connectivity index (χ3v) is 2.36. The molecule has 0 radical (unpaired) electrons. The number of nitrogens with zero attached hydrogens (tertiary/aromatic N) is 1. The molecule has 0 spiro atoms. The van der Waals surface area contributed by atoms with Crippen molar-refractivity contribution in [1.29, 1.82) is 0 Å². The van der Waals surface area contributed by atoms with Crippen LogP contribution in [0.15, 0.2) is 34.9 Å². The number of methoxy groups -OCH3 is 1. The molecule has 0 aliphatic rings. The molecule has 0 atom stereocenters. The van der Waals surface area contributed by atoms with Crippen molar-refractivity contribution in [1.82, 2.24) is 5.16 Å². The molecule has 72 valence electrons. The minimum absolute atomic E-state index is 0.775. The maximum atomic E-state index is 5.13. The number of hydrogen-bond acceptors (Lipinski definition) is 3. The summed E-state index contributed by atoms with van der Waals surface area (Å²) in [6.45, 7) is 0. The smallest absolute Gasteiger partial charge is 0.167 e. The highest BCUT2D eigenvalue weighted by molar-refractivity contribution is 14.1. The normalized spacial score (nSPS) is 10.1. The van der Waals surface area contributed by atoms with Gasteiger partial charge in [0.1, 0.15) is 9.45 Å². The van der Waals surface area contributed by atoms with Crippen LogP contribution in [0, 0.1) is 3.70 Å². The first-order valence-electron chi connectivity index (χ1n) is 4.06. The number of rotatable bonds is 2. The number of halogens is 1. The molecular weight excluding hydrogens is 293 g/mol. The zero-order valence-corrected chi connectivity index (χ0v) is 9.69. The molecule has 0 fully saturated rings. The van der Waals surface area contributed by atoms with Crippen LogP contribution in [0.3, 0.4) is 0 Å². The molecule has 14 heavy (non-hydrogen) atoms. The van der Waals surface area contributed by atoms with Gasteiger partial charge in [0.25, 0.3) is 0 Å². The largest absolute Gasteiger partial charge is 0.497 e. The molecule has 0 saturated carbocycles. The third-order valence-electron chi connectivity index (χ3n) is 1.86. The van der Waals surface area contributed by atoms with Gasteiger partial charge in [0.15, 0.2) is 5.76 Å². The molecule has 1 aromatic heterocycles. The first-order valence-corrected chi connectivity index (χ1v) is 5.14. The highest BCUT2D eigenvalue weighted by Gasteiger charge is 2.04. The SMILES string of the molecule is COc1ccc(-c2cc(I)no2)cc1. The summed E-state index contributed by atoms with van der Waals surface area (Å²) in [5, 5.41) is 3.82. The van der Waals surface area contributed by atoms with Gasteiger partial charge in [-0.3, -0.25) is 0 Å². The van der Waals surface area contributed by atoms with E-state index in [-0.39, 0.29) is 0 Å². The molecule has 0 aliphatic carbocycles. The second kappa shape index (κ2) is 4.00. The Balaban J connectivity index is 2.33. The molecule has 1 aromatic carbocycles. The number of aromatic nitrogens is 1. The first-order chi connectivity index (χ1) is 6.79. The molecule has 0 bridgehead atoms. The molecule has 0 N–H and O–H groups in total. The zero-order valence-electron chi connectivity index (χ0n) is 7.53. The predicted octanol–water partition coefficient (Wildman–Crippen LogP) is 2.95. The van der Waals surface area contributed by atoms with E-state index in [2.05, 4.69) is 27.7 Å². The van der Waals surface area contributed by atoms with Gasteiger partial charge >= 0.3 is 0 Å². The van der Waals surface area contributed by atoms with E-state index in [1.165, 1.54) is 0 Å². The summed E-state index contributed by atoms with van der Waals surface area (Å²) in [6, 6.07) is 9.56. The monoisotopic (exact) mass is 301 g/mol. The van der Waals surface area contributed by atoms with Crippen LogP contribution in [0.1, 0.15) is 0 Å². The van der Waals surface area contributed by atoms with E-state index in [1.54, 1.807) is 7.11 Å². The minimum Gasteiger partial charge on any atom is -0.497 e. The van der Waals surface area contributed by atoms with Gasteiger partial charge in [-0.2, -0.15) is 0 Å². The molecule has 2 aromatic rings. The Morgan fingerprint density at radius 2 is 2.00 bits per heavy atom. The van der Waals surface area contributed by atoms with Crippen molar-refractivity contribution in [2.75, 3.05) is 7.11 Å². The van der Waals surface area contributed by atoms with Crippen LogP contribution < -0.4 is 4.74 Å². The van der Waals surface area contributed by atoms with Gasteiger partial charge in [0, 0.05) is 11.6 Å². The lowest BCUT2D eigenvalue weighted by molar-refractivity contribution is 0.414. The van der Waals surface area contributed by atoms with Gasteiger partial charge in [-0.25, -0.2) is 0 Å². The van der Waals surface area contributed by atoms with Crippen LogP contribution in [0.25, 0.3) is 11.3 Å². The van der Waals surface area contributed by atoms with Gasteiger partial charge in [0.05, 0.1) is 7.11 Å². The molecule has 3 nitrogen and oxygen atoms in total. The molecule has 0 aliphatic heterocycles. The standard InChI is InChI=1S/C10H8INO2/c1-13-8-4-2-7(3-5-8)9-6-10(11)12-14-9/h2-6H,1H3. The fraction of sp³-hybridized carbons (Fsp3) is 0.100. The van der Waals surface area contributed by atoms with Crippen molar-refractivity contribution >= 4 is 22.6 Å². The van der Waals surface area contributed by atoms with Crippen molar-refractivity contribution in [3.8, 4) is 17.1 Å². The van der Waals surface area contributed by atoms with Crippen molar-refractivity contribution in [3.63, 3.8) is 0 Å². The Morgan fingerprint density at radius 1 is 1.29 bits per heavy atom. The molecule has 0 saturated heterocycles. The summed E-state index contributed by atoms with van der Waals surface area (Å²) >= 11 is 2.11. The van der Waals surface area contributed by atoms with E-state index in [0.29, 0.717) is 0 Å². The van der Waals surface area contributed by atoms with Crippen LogP contribution >= 0.6 is 22.6 Å². The summed E-state index contributed by atoms with van der Waals surface area (Å²) in [5.41, 5.74) is 1.00. The van der Waals surface area contributed by atoms with Crippen molar-refractivity contribution < 1.29 is 9.26 Å². The maximum Gasteiger partial charge on any atom is 0.167 e.